The first-order valence-corrected chi connectivity index (χ1v) is 18.1. The molecule has 5 rings (SSSR count). The van der Waals surface area contributed by atoms with Crippen LogP contribution in [-0.2, 0) is 29.1 Å². The third-order valence-corrected chi connectivity index (χ3v) is 10.8. The Bertz CT molecular complexity index is 1800. The van der Waals surface area contributed by atoms with E-state index >= 15 is 0 Å². The predicted molar refractivity (Wildman–Crippen MR) is 182 cm³/mol. The van der Waals surface area contributed by atoms with Crippen LogP contribution in [0.1, 0.15) is 67.2 Å². The number of methoxy groups -OCH3 is 1. The van der Waals surface area contributed by atoms with Crippen molar-refractivity contribution in [1.82, 2.24) is 30.5 Å². The lowest BCUT2D eigenvalue weighted by atomic mass is 9.85. The summed E-state index contributed by atoms with van der Waals surface area (Å²) in [5.41, 5.74) is -3.22. The van der Waals surface area contributed by atoms with E-state index in [1.54, 1.807) is 59.7 Å². The van der Waals surface area contributed by atoms with Crippen molar-refractivity contribution in [1.29, 1.82) is 0 Å². The number of carbonyl (C=O) groups is 4. The van der Waals surface area contributed by atoms with E-state index in [0.717, 1.165) is 0 Å². The van der Waals surface area contributed by atoms with Gasteiger partial charge in [-0.3, -0.25) is 19.1 Å². The van der Waals surface area contributed by atoms with Crippen LogP contribution in [0.5, 0.6) is 11.8 Å². The van der Waals surface area contributed by atoms with E-state index in [1.807, 2.05) is 6.07 Å². The number of benzene rings is 1. The third-order valence-electron chi connectivity index (χ3n) is 8.96. The molecule has 3 aliphatic rings. The minimum atomic E-state index is -3.90. The molecule has 1 aliphatic heterocycles. The molecule has 0 spiro atoms. The first-order chi connectivity index (χ1) is 23.3. The van der Waals surface area contributed by atoms with Crippen LogP contribution in [0.2, 0.25) is 0 Å². The Morgan fingerprint density at radius 2 is 1.66 bits per heavy atom. The third kappa shape index (κ3) is 7.79. The van der Waals surface area contributed by atoms with Crippen molar-refractivity contribution >= 4 is 44.6 Å². The SMILES string of the molecule is C=C[C@@H]1C[C@@]1(NC(=O)[C@H]1C[C@@H](Oc2nnc(OC)c3ccccc23)CN1C(=O)[C@@H](NC(=O)OC(C)(C)C)C(C)(C)C)C(=O)NS(=O)(=O)C1CC1. The summed E-state index contributed by atoms with van der Waals surface area (Å²) in [6, 6.07) is 4.89. The van der Waals surface area contributed by atoms with E-state index in [9.17, 15) is 27.6 Å². The highest BCUT2D eigenvalue weighted by atomic mass is 32.2. The highest BCUT2D eigenvalue weighted by molar-refractivity contribution is 7.91. The number of rotatable bonds is 11. The molecule has 5 atom stereocenters. The van der Waals surface area contributed by atoms with Crippen molar-refractivity contribution in [3.05, 3.63) is 36.9 Å². The second-order valence-corrected chi connectivity index (χ2v) is 17.1. The summed E-state index contributed by atoms with van der Waals surface area (Å²) < 4.78 is 44.5. The Morgan fingerprint density at radius 3 is 2.20 bits per heavy atom. The van der Waals surface area contributed by atoms with Crippen LogP contribution >= 0.6 is 0 Å². The Hall–Kier alpha value is -4.47. The van der Waals surface area contributed by atoms with Crippen LogP contribution in [-0.4, -0.2) is 95.6 Å². The lowest BCUT2D eigenvalue weighted by Crippen LogP contribution is -2.60. The molecule has 0 radical (unpaired) electrons. The number of likely N-dealkylation sites (tertiary alicyclic amines) is 1. The fraction of sp³-hybridized carbons (Fsp3) is 0.588. The number of hydrogen-bond donors (Lipinski definition) is 3. The maximum absolute atomic E-state index is 14.4. The Labute approximate surface area is 291 Å². The van der Waals surface area contributed by atoms with Gasteiger partial charge in [-0.1, -0.05) is 39.0 Å². The molecule has 2 aliphatic carbocycles. The molecule has 2 heterocycles. The number of nitrogens with zero attached hydrogens (tertiary/aromatic N) is 3. The van der Waals surface area contributed by atoms with Gasteiger partial charge in [-0.2, -0.15) is 0 Å². The zero-order chi connectivity index (χ0) is 36.8. The van der Waals surface area contributed by atoms with Crippen LogP contribution in [0.15, 0.2) is 36.9 Å². The van der Waals surface area contributed by atoms with Crippen molar-refractivity contribution < 1.29 is 41.8 Å². The number of hydrogen-bond acceptors (Lipinski definition) is 11. The second-order valence-electron chi connectivity index (χ2n) is 15.2. The summed E-state index contributed by atoms with van der Waals surface area (Å²) in [6.45, 7) is 14.1. The average molecular weight is 715 g/mol. The molecule has 16 heteroatoms. The van der Waals surface area contributed by atoms with Gasteiger partial charge in [-0.15, -0.1) is 16.8 Å². The van der Waals surface area contributed by atoms with Crippen molar-refractivity contribution in [3.63, 3.8) is 0 Å². The van der Waals surface area contributed by atoms with E-state index in [-0.39, 0.29) is 25.3 Å². The fourth-order valence-corrected chi connectivity index (χ4v) is 7.45. The number of alkyl carbamates (subject to hydrolysis) is 1. The van der Waals surface area contributed by atoms with Gasteiger partial charge in [-0.05, 0) is 57.6 Å². The second kappa shape index (κ2) is 13.3. The molecule has 4 amide bonds. The lowest BCUT2D eigenvalue weighted by molar-refractivity contribution is -0.143. The molecule has 3 N–H and O–H groups in total. The zero-order valence-corrected chi connectivity index (χ0v) is 30.3. The number of sulfonamides is 1. The Balaban J connectivity index is 1.45. The highest BCUT2D eigenvalue weighted by Gasteiger charge is 2.62. The van der Waals surface area contributed by atoms with Crippen LogP contribution in [0.25, 0.3) is 10.8 Å². The van der Waals surface area contributed by atoms with Gasteiger partial charge in [0.1, 0.15) is 29.3 Å². The summed E-state index contributed by atoms with van der Waals surface area (Å²) in [5.74, 6) is -2.20. The molecular weight excluding hydrogens is 668 g/mol. The minimum Gasteiger partial charge on any atom is -0.479 e. The van der Waals surface area contributed by atoms with E-state index in [1.165, 1.54) is 18.1 Å². The Kier molecular flexibility index (Phi) is 9.82. The molecule has 1 saturated heterocycles. The molecule has 0 bridgehead atoms. The molecule has 2 saturated carbocycles. The summed E-state index contributed by atoms with van der Waals surface area (Å²) >= 11 is 0. The molecule has 15 nitrogen and oxygen atoms in total. The van der Waals surface area contributed by atoms with Crippen LogP contribution in [0.4, 0.5) is 4.79 Å². The van der Waals surface area contributed by atoms with Gasteiger partial charge in [0.15, 0.2) is 0 Å². The van der Waals surface area contributed by atoms with Crippen LogP contribution in [0.3, 0.4) is 0 Å². The Morgan fingerprint density at radius 1 is 1.04 bits per heavy atom. The zero-order valence-electron chi connectivity index (χ0n) is 29.4. The van der Waals surface area contributed by atoms with Gasteiger partial charge >= 0.3 is 6.09 Å². The van der Waals surface area contributed by atoms with Crippen LogP contribution < -0.4 is 24.8 Å². The number of carbonyl (C=O) groups excluding carboxylic acids is 4. The molecule has 1 aromatic carbocycles. The smallest absolute Gasteiger partial charge is 0.408 e. The number of aromatic nitrogens is 2. The predicted octanol–water partition coefficient (Wildman–Crippen LogP) is 2.60. The van der Waals surface area contributed by atoms with Gasteiger partial charge in [0, 0.05) is 12.3 Å². The van der Waals surface area contributed by atoms with Gasteiger partial charge in [0.2, 0.25) is 33.6 Å². The molecule has 1 aromatic heterocycles. The van der Waals surface area contributed by atoms with E-state index < -0.39 is 79.7 Å². The normalized spacial score (nSPS) is 24.1. The fourth-order valence-electron chi connectivity index (χ4n) is 6.08. The molecule has 2 aromatic rings. The number of fused-ring (bicyclic) bond motifs is 1. The number of nitrogens with one attached hydrogen (secondary N) is 3. The monoisotopic (exact) mass is 714 g/mol. The maximum Gasteiger partial charge on any atom is 0.408 e. The van der Waals surface area contributed by atoms with Crippen LogP contribution in [0, 0.1) is 11.3 Å². The summed E-state index contributed by atoms with van der Waals surface area (Å²) in [7, 11) is -2.43. The van der Waals surface area contributed by atoms with E-state index in [0.29, 0.717) is 29.5 Å². The average Bonchev–Trinajstić information content (AvgIpc) is 3.95. The van der Waals surface area contributed by atoms with Crippen molar-refractivity contribution in [2.24, 2.45) is 11.3 Å². The number of amides is 4. The maximum atomic E-state index is 14.4. The van der Waals surface area contributed by atoms with Gasteiger partial charge in [0.25, 0.3) is 5.91 Å². The van der Waals surface area contributed by atoms with Crippen molar-refractivity contribution in [2.75, 3.05) is 13.7 Å². The number of ether oxygens (including phenoxy) is 3. The topological polar surface area (TPSA) is 195 Å². The highest BCUT2D eigenvalue weighted by Crippen LogP contribution is 2.45. The first-order valence-electron chi connectivity index (χ1n) is 16.6. The minimum absolute atomic E-state index is 0.0141. The van der Waals surface area contributed by atoms with Crippen molar-refractivity contribution in [2.45, 2.75) is 102 Å². The van der Waals surface area contributed by atoms with Crippen molar-refractivity contribution in [3.8, 4) is 11.8 Å². The van der Waals surface area contributed by atoms with E-state index in [2.05, 4.69) is 32.1 Å². The molecular formula is C34H46N6O9S. The quantitative estimate of drug-likeness (QED) is 0.290. The molecule has 0 unspecified atom stereocenters. The van der Waals surface area contributed by atoms with E-state index in [4.69, 9.17) is 14.2 Å². The van der Waals surface area contributed by atoms with Gasteiger partial charge in [-0.25, -0.2) is 13.2 Å². The molecule has 3 fully saturated rings. The summed E-state index contributed by atoms with van der Waals surface area (Å²) in [6.07, 6.45) is 0.935. The largest absolute Gasteiger partial charge is 0.479 e. The van der Waals surface area contributed by atoms with Gasteiger partial charge in [0.05, 0.1) is 29.7 Å². The molecule has 50 heavy (non-hydrogen) atoms. The summed E-state index contributed by atoms with van der Waals surface area (Å²) in [5, 5.41) is 14.4. The van der Waals surface area contributed by atoms with Gasteiger partial charge < -0.3 is 29.7 Å². The first kappa shape index (κ1) is 36.8. The summed E-state index contributed by atoms with van der Waals surface area (Å²) in [4.78, 5) is 56.2. The lowest BCUT2D eigenvalue weighted by Gasteiger charge is -2.36. The standard InChI is InChI=1S/C34H46N6O9S/c1-9-19-17-34(19,30(43)39-50(45,46)21-14-15-21)36-26(41)24-16-20(48-28-23-13-11-10-12-22(23)27(47-8)37-38-28)18-40(24)29(42)25(32(2,3)4)35-31(44)49-33(5,6)7/h9-13,19-21,24-25H,1,14-18H2,2-8H3,(H,35,44)(H,36,41)(H,39,43)/t19-,20-,24-,25-,34+/m1/s1. The molecule has 272 valence electrons.